The summed E-state index contributed by atoms with van der Waals surface area (Å²) in [5.41, 5.74) is 4.90. The number of fused-ring (bicyclic) bond motifs is 3. The molecule has 1 aliphatic carbocycles. The Morgan fingerprint density at radius 2 is 1.82 bits per heavy atom. The van der Waals surface area contributed by atoms with Gasteiger partial charge in [0, 0.05) is 32.1 Å². The highest BCUT2D eigenvalue weighted by Gasteiger charge is 2.33. The molecule has 7 nitrogen and oxygen atoms in total. The van der Waals surface area contributed by atoms with Crippen molar-refractivity contribution in [2.75, 3.05) is 34.4 Å². The highest BCUT2D eigenvalue weighted by atomic mass is 16.5. The molecule has 1 aliphatic rings. The number of imidazole rings is 1. The summed E-state index contributed by atoms with van der Waals surface area (Å²) in [6.45, 7) is 1.71. The lowest BCUT2D eigenvalue weighted by Crippen LogP contribution is -2.37. The molecule has 0 spiro atoms. The predicted molar refractivity (Wildman–Crippen MR) is 136 cm³/mol. The number of aromatic nitrogens is 3. The SMILES string of the molecule is COC1CC(n2c(=O)n(C)c3cnc4ccc(-c5ccc(OCCCN(C)C)cc5)cc4c32)C1. The number of rotatable bonds is 8. The van der Waals surface area contributed by atoms with Crippen molar-refractivity contribution in [3.05, 3.63) is 59.1 Å². The molecule has 0 bridgehead atoms. The highest BCUT2D eigenvalue weighted by molar-refractivity contribution is 6.04. The molecule has 2 heterocycles. The van der Waals surface area contributed by atoms with Gasteiger partial charge in [0.2, 0.25) is 0 Å². The van der Waals surface area contributed by atoms with Crippen molar-refractivity contribution in [3.8, 4) is 16.9 Å². The average molecular weight is 461 g/mol. The minimum Gasteiger partial charge on any atom is -0.494 e. The summed E-state index contributed by atoms with van der Waals surface area (Å²) in [6.07, 6.45) is 4.74. The first-order chi connectivity index (χ1) is 16.5. The van der Waals surface area contributed by atoms with Gasteiger partial charge in [0.1, 0.15) is 5.75 Å². The topological polar surface area (TPSA) is 61.5 Å². The van der Waals surface area contributed by atoms with Crippen LogP contribution in [0.5, 0.6) is 5.75 Å². The molecule has 7 heteroatoms. The Kier molecular flexibility index (Phi) is 6.15. The lowest BCUT2D eigenvalue weighted by molar-refractivity contribution is 0.00635. The molecule has 0 radical (unpaired) electrons. The van der Waals surface area contributed by atoms with Crippen LogP contribution in [0.15, 0.2) is 53.5 Å². The zero-order valence-corrected chi connectivity index (χ0v) is 20.3. The molecule has 34 heavy (non-hydrogen) atoms. The molecule has 178 valence electrons. The molecule has 2 aromatic heterocycles. The van der Waals surface area contributed by atoms with E-state index in [0.717, 1.165) is 64.6 Å². The smallest absolute Gasteiger partial charge is 0.329 e. The van der Waals surface area contributed by atoms with Gasteiger partial charge in [-0.25, -0.2) is 4.79 Å². The van der Waals surface area contributed by atoms with Crippen LogP contribution >= 0.6 is 0 Å². The number of hydrogen-bond acceptors (Lipinski definition) is 5. The maximum Gasteiger partial charge on any atom is 0.329 e. The molecule has 2 aromatic carbocycles. The zero-order valence-electron chi connectivity index (χ0n) is 20.3. The predicted octanol–water partition coefficient (Wildman–Crippen LogP) is 4.24. The first-order valence-electron chi connectivity index (χ1n) is 11.9. The third-order valence-electron chi connectivity index (χ3n) is 6.89. The summed E-state index contributed by atoms with van der Waals surface area (Å²) >= 11 is 0. The quantitative estimate of drug-likeness (QED) is 0.368. The van der Waals surface area contributed by atoms with Gasteiger partial charge in [0.25, 0.3) is 0 Å². The molecule has 1 saturated carbocycles. The van der Waals surface area contributed by atoms with Crippen molar-refractivity contribution in [3.63, 3.8) is 0 Å². The highest BCUT2D eigenvalue weighted by Crippen LogP contribution is 2.37. The Morgan fingerprint density at radius 1 is 1.09 bits per heavy atom. The third-order valence-corrected chi connectivity index (χ3v) is 6.89. The summed E-state index contributed by atoms with van der Waals surface area (Å²) in [5.74, 6) is 0.877. The van der Waals surface area contributed by atoms with Gasteiger partial charge in [-0.15, -0.1) is 0 Å². The van der Waals surface area contributed by atoms with Gasteiger partial charge < -0.3 is 14.4 Å². The van der Waals surface area contributed by atoms with Crippen LogP contribution in [0.2, 0.25) is 0 Å². The molecule has 0 N–H and O–H groups in total. The number of ether oxygens (including phenoxy) is 2. The monoisotopic (exact) mass is 460 g/mol. The minimum absolute atomic E-state index is 0.00465. The van der Waals surface area contributed by atoms with E-state index < -0.39 is 0 Å². The van der Waals surface area contributed by atoms with Crippen LogP contribution in [-0.2, 0) is 11.8 Å². The number of methoxy groups -OCH3 is 1. The number of benzene rings is 2. The molecule has 0 amide bonds. The molecule has 0 atom stereocenters. The Morgan fingerprint density at radius 3 is 2.53 bits per heavy atom. The van der Waals surface area contributed by atoms with Gasteiger partial charge in [-0.05, 0) is 68.8 Å². The summed E-state index contributed by atoms with van der Waals surface area (Å²) < 4.78 is 15.0. The Labute approximate surface area is 199 Å². The van der Waals surface area contributed by atoms with Crippen LogP contribution in [0.1, 0.15) is 25.3 Å². The number of pyridine rings is 1. The first-order valence-corrected chi connectivity index (χ1v) is 11.9. The van der Waals surface area contributed by atoms with Crippen molar-refractivity contribution in [2.45, 2.75) is 31.4 Å². The largest absolute Gasteiger partial charge is 0.494 e. The fraction of sp³-hybridized carbons (Fsp3) is 0.407. The van der Waals surface area contributed by atoms with E-state index in [1.165, 1.54) is 0 Å². The van der Waals surface area contributed by atoms with Crippen molar-refractivity contribution in [1.29, 1.82) is 0 Å². The molecule has 0 unspecified atom stereocenters. The van der Waals surface area contributed by atoms with Gasteiger partial charge in [0.05, 0.1) is 35.5 Å². The van der Waals surface area contributed by atoms with Crippen molar-refractivity contribution in [2.24, 2.45) is 7.05 Å². The maximum absolute atomic E-state index is 13.1. The fourth-order valence-corrected chi connectivity index (χ4v) is 4.80. The van der Waals surface area contributed by atoms with Gasteiger partial charge in [-0.3, -0.25) is 14.1 Å². The normalized spacial score (nSPS) is 18.0. The number of aryl methyl sites for hydroxylation is 1. The first kappa shape index (κ1) is 22.6. The molecule has 0 saturated heterocycles. The van der Waals surface area contributed by atoms with Crippen LogP contribution in [0.4, 0.5) is 0 Å². The van der Waals surface area contributed by atoms with Gasteiger partial charge >= 0.3 is 5.69 Å². The van der Waals surface area contributed by atoms with Gasteiger partial charge in [0.15, 0.2) is 0 Å². The Hall–Kier alpha value is -3.16. The van der Waals surface area contributed by atoms with Crippen LogP contribution in [0.25, 0.3) is 33.1 Å². The molecular weight excluding hydrogens is 428 g/mol. The average Bonchev–Trinajstić information content (AvgIpc) is 3.07. The summed E-state index contributed by atoms with van der Waals surface area (Å²) in [4.78, 5) is 19.9. The second-order valence-corrected chi connectivity index (χ2v) is 9.45. The number of hydrogen-bond donors (Lipinski definition) is 0. The van der Waals surface area contributed by atoms with Crippen molar-refractivity contribution < 1.29 is 9.47 Å². The molecule has 1 fully saturated rings. The van der Waals surface area contributed by atoms with E-state index in [2.05, 4.69) is 48.2 Å². The maximum atomic E-state index is 13.1. The lowest BCUT2D eigenvalue weighted by Gasteiger charge is -2.34. The van der Waals surface area contributed by atoms with E-state index in [-0.39, 0.29) is 17.8 Å². The second kappa shape index (κ2) is 9.24. The van der Waals surface area contributed by atoms with E-state index in [1.807, 2.05) is 36.0 Å². The lowest BCUT2D eigenvalue weighted by atomic mass is 9.89. The van der Waals surface area contributed by atoms with Crippen LogP contribution < -0.4 is 10.4 Å². The minimum atomic E-state index is 0.00465. The van der Waals surface area contributed by atoms with Crippen LogP contribution in [-0.4, -0.2) is 59.5 Å². The van der Waals surface area contributed by atoms with Crippen LogP contribution in [0, 0.1) is 0 Å². The van der Waals surface area contributed by atoms with Crippen molar-refractivity contribution in [1.82, 2.24) is 19.0 Å². The van der Waals surface area contributed by atoms with Crippen molar-refractivity contribution >= 4 is 21.9 Å². The molecular formula is C27H32N4O3. The van der Waals surface area contributed by atoms with E-state index >= 15 is 0 Å². The third kappa shape index (κ3) is 4.10. The summed E-state index contributed by atoms with van der Waals surface area (Å²) in [7, 11) is 7.69. The van der Waals surface area contributed by atoms with E-state index in [4.69, 9.17) is 9.47 Å². The van der Waals surface area contributed by atoms with Gasteiger partial charge in [-0.1, -0.05) is 18.2 Å². The van der Waals surface area contributed by atoms with Crippen LogP contribution in [0.3, 0.4) is 0 Å². The fourth-order valence-electron chi connectivity index (χ4n) is 4.80. The summed E-state index contributed by atoms with van der Waals surface area (Å²) in [6, 6.07) is 14.6. The molecule has 0 aliphatic heterocycles. The van der Waals surface area contributed by atoms with E-state index in [0.29, 0.717) is 6.61 Å². The molecule has 5 rings (SSSR count). The zero-order chi connectivity index (χ0) is 23.8. The summed E-state index contributed by atoms with van der Waals surface area (Å²) in [5, 5.41) is 0.998. The van der Waals surface area contributed by atoms with Gasteiger partial charge in [-0.2, -0.15) is 0 Å². The Bertz CT molecular complexity index is 1360. The van der Waals surface area contributed by atoms with E-state index in [9.17, 15) is 4.79 Å². The second-order valence-electron chi connectivity index (χ2n) is 9.45. The Balaban J connectivity index is 1.48. The standard InChI is InChI=1S/C27H32N4O3/c1-29(2)12-5-13-34-21-9-6-18(7-10-21)19-8-11-24-23(14-19)26-25(17-28-24)30(3)27(32)31(26)20-15-22(16-20)33-4/h6-11,14,17,20,22H,5,12-13,15-16H2,1-4H3. The van der Waals surface area contributed by atoms with E-state index in [1.54, 1.807) is 11.7 Å². The molecule has 4 aromatic rings. The number of nitrogens with zero attached hydrogens (tertiary/aromatic N) is 4.